The molecule has 2 aromatic rings. The number of nitrogens with zero attached hydrogens (tertiary/aromatic N) is 3. The minimum atomic E-state index is -0.605. The van der Waals surface area contributed by atoms with Crippen molar-refractivity contribution in [1.82, 2.24) is 4.98 Å². The molecule has 0 radical (unpaired) electrons. The Balaban J connectivity index is 2.29. The number of nitro groups is 1. The summed E-state index contributed by atoms with van der Waals surface area (Å²) in [4.78, 5) is 15.0. The van der Waals surface area contributed by atoms with Crippen LogP contribution in [0.15, 0.2) is 46.3 Å². The van der Waals surface area contributed by atoms with Crippen LogP contribution in [0.25, 0.3) is 0 Å². The van der Waals surface area contributed by atoms with Crippen LogP contribution in [-0.2, 0) is 0 Å². The highest BCUT2D eigenvalue weighted by atomic mass is 32.2. The second-order valence-electron chi connectivity index (χ2n) is 3.80. The van der Waals surface area contributed by atoms with E-state index in [-0.39, 0.29) is 11.4 Å². The summed E-state index contributed by atoms with van der Waals surface area (Å²) in [6.45, 7) is 1.99. The lowest BCUT2D eigenvalue weighted by atomic mass is 10.2. The zero-order valence-corrected chi connectivity index (χ0v) is 10.8. The first-order chi connectivity index (χ1) is 9.10. The molecular weight excluding hydrogens is 262 g/mol. The monoisotopic (exact) mass is 271 g/mol. The first-order valence-corrected chi connectivity index (χ1v) is 6.22. The van der Waals surface area contributed by atoms with Gasteiger partial charge in [-0.25, -0.2) is 4.98 Å². The van der Waals surface area contributed by atoms with Crippen molar-refractivity contribution in [3.63, 3.8) is 0 Å². The zero-order valence-electron chi connectivity index (χ0n) is 10.0. The van der Waals surface area contributed by atoms with Gasteiger partial charge in [-0.2, -0.15) is 5.26 Å². The van der Waals surface area contributed by atoms with Gasteiger partial charge in [0.15, 0.2) is 0 Å². The summed E-state index contributed by atoms with van der Waals surface area (Å²) < 4.78 is 0. The SMILES string of the molecule is Cc1ccc(Sc2ccc([N+](=O)[O-])c(C#N)n2)cc1. The lowest BCUT2D eigenvalue weighted by molar-refractivity contribution is -0.385. The molecule has 0 aliphatic carbocycles. The highest BCUT2D eigenvalue weighted by Gasteiger charge is 2.15. The normalized spacial score (nSPS) is 9.89. The summed E-state index contributed by atoms with van der Waals surface area (Å²) in [6, 6.07) is 12.4. The van der Waals surface area contributed by atoms with Gasteiger partial charge >= 0.3 is 5.69 Å². The van der Waals surface area contributed by atoms with E-state index in [9.17, 15) is 10.1 Å². The average molecular weight is 271 g/mol. The van der Waals surface area contributed by atoms with E-state index in [1.54, 1.807) is 12.1 Å². The number of aromatic nitrogens is 1. The van der Waals surface area contributed by atoms with Crippen LogP contribution in [-0.4, -0.2) is 9.91 Å². The number of hydrogen-bond acceptors (Lipinski definition) is 5. The summed E-state index contributed by atoms with van der Waals surface area (Å²) in [5, 5.41) is 20.1. The van der Waals surface area contributed by atoms with Gasteiger partial charge in [0, 0.05) is 11.0 Å². The third-order valence-electron chi connectivity index (χ3n) is 2.39. The highest BCUT2D eigenvalue weighted by Crippen LogP contribution is 2.28. The molecule has 0 fully saturated rings. The number of aryl methyl sites for hydroxylation is 1. The molecule has 6 heteroatoms. The number of rotatable bonds is 3. The molecule has 0 spiro atoms. The minimum Gasteiger partial charge on any atom is -0.258 e. The van der Waals surface area contributed by atoms with Gasteiger partial charge in [-0.15, -0.1) is 0 Å². The third-order valence-corrected chi connectivity index (χ3v) is 3.34. The predicted octanol–water partition coefficient (Wildman–Crippen LogP) is 3.32. The smallest absolute Gasteiger partial charge is 0.258 e. The molecule has 0 aliphatic rings. The number of hydrogen-bond donors (Lipinski definition) is 0. The van der Waals surface area contributed by atoms with Gasteiger partial charge < -0.3 is 0 Å². The van der Waals surface area contributed by atoms with Crippen molar-refractivity contribution < 1.29 is 4.92 Å². The van der Waals surface area contributed by atoms with Gasteiger partial charge in [-0.1, -0.05) is 29.5 Å². The molecule has 0 unspecified atom stereocenters. The molecule has 1 aromatic heterocycles. The topological polar surface area (TPSA) is 79.8 Å². The van der Waals surface area contributed by atoms with Crippen molar-refractivity contribution in [2.24, 2.45) is 0 Å². The van der Waals surface area contributed by atoms with Crippen molar-refractivity contribution in [1.29, 1.82) is 5.26 Å². The van der Waals surface area contributed by atoms with Crippen molar-refractivity contribution >= 4 is 17.4 Å². The quantitative estimate of drug-likeness (QED) is 0.632. The molecule has 0 saturated carbocycles. The van der Waals surface area contributed by atoms with E-state index in [4.69, 9.17) is 5.26 Å². The molecule has 19 heavy (non-hydrogen) atoms. The van der Waals surface area contributed by atoms with Crippen LogP contribution in [0.4, 0.5) is 5.69 Å². The van der Waals surface area contributed by atoms with Crippen LogP contribution in [0.1, 0.15) is 11.3 Å². The molecule has 0 aliphatic heterocycles. The van der Waals surface area contributed by atoms with Crippen LogP contribution >= 0.6 is 11.8 Å². The van der Waals surface area contributed by atoms with Crippen LogP contribution in [0.2, 0.25) is 0 Å². The molecule has 0 N–H and O–H groups in total. The fourth-order valence-corrected chi connectivity index (χ4v) is 2.23. The molecule has 1 aromatic carbocycles. The summed E-state index contributed by atoms with van der Waals surface area (Å²) in [5.41, 5.74) is 0.719. The van der Waals surface area contributed by atoms with E-state index in [0.717, 1.165) is 10.5 Å². The second kappa shape index (κ2) is 5.50. The lowest BCUT2D eigenvalue weighted by Crippen LogP contribution is -1.95. The summed E-state index contributed by atoms with van der Waals surface area (Å²) >= 11 is 1.36. The highest BCUT2D eigenvalue weighted by molar-refractivity contribution is 7.99. The maximum atomic E-state index is 10.7. The number of nitriles is 1. The Labute approximate surface area is 114 Å². The molecule has 0 amide bonds. The van der Waals surface area contributed by atoms with E-state index in [1.165, 1.54) is 17.8 Å². The first kappa shape index (κ1) is 13.1. The van der Waals surface area contributed by atoms with Gasteiger partial charge in [0.05, 0.1) is 4.92 Å². The average Bonchev–Trinajstić information content (AvgIpc) is 2.41. The molecule has 0 atom stereocenters. The Morgan fingerprint density at radius 2 is 1.95 bits per heavy atom. The van der Waals surface area contributed by atoms with Gasteiger partial charge in [-0.3, -0.25) is 10.1 Å². The van der Waals surface area contributed by atoms with Gasteiger partial charge in [0.1, 0.15) is 11.1 Å². The van der Waals surface area contributed by atoms with Crippen molar-refractivity contribution in [2.75, 3.05) is 0 Å². The largest absolute Gasteiger partial charge is 0.305 e. The van der Waals surface area contributed by atoms with Crippen LogP contribution in [0.5, 0.6) is 0 Å². The Bertz CT molecular complexity index is 663. The lowest BCUT2D eigenvalue weighted by Gasteiger charge is -2.02. The Morgan fingerprint density at radius 1 is 1.26 bits per heavy atom. The summed E-state index contributed by atoms with van der Waals surface area (Å²) in [6.07, 6.45) is 0. The van der Waals surface area contributed by atoms with Gasteiger partial charge in [0.2, 0.25) is 5.69 Å². The van der Waals surface area contributed by atoms with Gasteiger partial charge in [-0.05, 0) is 25.1 Å². The summed E-state index contributed by atoms with van der Waals surface area (Å²) in [7, 11) is 0. The van der Waals surface area contributed by atoms with Crippen molar-refractivity contribution in [2.45, 2.75) is 16.8 Å². The molecule has 1 heterocycles. The Hall–Kier alpha value is -2.39. The fourth-order valence-electron chi connectivity index (χ4n) is 1.45. The predicted molar refractivity (Wildman–Crippen MR) is 70.9 cm³/mol. The fraction of sp³-hybridized carbons (Fsp3) is 0.0769. The van der Waals surface area contributed by atoms with E-state index in [2.05, 4.69) is 4.98 Å². The first-order valence-electron chi connectivity index (χ1n) is 5.40. The molecular formula is C13H9N3O2S. The van der Waals surface area contributed by atoms with Crippen LogP contribution < -0.4 is 0 Å². The van der Waals surface area contributed by atoms with Crippen molar-refractivity contribution in [3.05, 3.63) is 57.8 Å². The van der Waals surface area contributed by atoms with Gasteiger partial charge in [0.25, 0.3) is 0 Å². The Kier molecular flexibility index (Phi) is 3.78. The van der Waals surface area contributed by atoms with Crippen LogP contribution in [0, 0.1) is 28.4 Å². The van der Waals surface area contributed by atoms with E-state index in [0.29, 0.717) is 5.03 Å². The zero-order chi connectivity index (χ0) is 13.8. The molecule has 94 valence electrons. The molecule has 0 bridgehead atoms. The van der Waals surface area contributed by atoms with E-state index >= 15 is 0 Å². The Morgan fingerprint density at radius 3 is 2.53 bits per heavy atom. The van der Waals surface area contributed by atoms with Crippen molar-refractivity contribution in [3.8, 4) is 6.07 Å². The summed E-state index contributed by atoms with van der Waals surface area (Å²) in [5.74, 6) is 0. The van der Waals surface area contributed by atoms with Crippen LogP contribution in [0.3, 0.4) is 0 Å². The maximum absolute atomic E-state index is 10.7. The standard InChI is InChI=1S/C13H9N3O2S/c1-9-2-4-10(5-3-9)19-13-7-6-12(16(17)18)11(8-14)15-13/h2-7H,1H3. The molecule has 0 saturated heterocycles. The maximum Gasteiger partial charge on any atom is 0.305 e. The van der Waals surface area contributed by atoms with E-state index < -0.39 is 4.92 Å². The molecule has 2 rings (SSSR count). The minimum absolute atomic E-state index is 0.165. The number of benzene rings is 1. The second-order valence-corrected chi connectivity index (χ2v) is 4.90. The third kappa shape index (κ3) is 3.09. The van der Waals surface area contributed by atoms with E-state index in [1.807, 2.05) is 31.2 Å². The number of pyridine rings is 1. The molecule has 5 nitrogen and oxygen atoms in total.